The van der Waals surface area contributed by atoms with E-state index >= 15 is 0 Å². The Hall–Kier alpha value is -0.860. The quantitative estimate of drug-likeness (QED) is 0.789. The van der Waals surface area contributed by atoms with Crippen molar-refractivity contribution < 1.29 is 0 Å². The minimum Gasteiger partial charge on any atom is -0.314 e. The van der Waals surface area contributed by atoms with Crippen LogP contribution in [0.15, 0.2) is 18.2 Å². The van der Waals surface area contributed by atoms with Crippen molar-refractivity contribution in [2.45, 2.75) is 20.4 Å². The molecular formula is C13H20N2. The first kappa shape index (κ1) is 10.7. The van der Waals surface area contributed by atoms with Gasteiger partial charge in [-0.15, -0.1) is 0 Å². The molecule has 1 saturated heterocycles. The van der Waals surface area contributed by atoms with Crippen LogP contribution in [0.5, 0.6) is 0 Å². The number of hydrogen-bond donors (Lipinski definition) is 1. The number of nitrogens with zero attached hydrogens (tertiary/aromatic N) is 1. The van der Waals surface area contributed by atoms with E-state index in [1.165, 1.54) is 29.8 Å². The van der Waals surface area contributed by atoms with Crippen LogP contribution in [0.4, 0.5) is 0 Å². The highest BCUT2D eigenvalue weighted by Gasteiger charge is 2.11. The van der Waals surface area contributed by atoms with Crippen molar-refractivity contribution in [1.82, 2.24) is 10.2 Å². The average Bonchev–Trinajstić information content (AvgIpc) is 2.25. The van der Waals surface area contributed by atoms with Crippen LogP contribution in [0.2, 0.25) is 0 Å². The summed E-state index contributed by atoms with van der Waals surface area (Å²) in [5, 5.41) is 3.39. The Kier molecular flexibility index (Phi) is 3.39. The van der Waals surface area contributed by atoms with Crippen LogP contribution in [-0.2, 0) is 6.54 Å². The summed E-state index contributed by atoms with van der Waals surface area (Å²) < 4.78 is 0. The lowest BCUT2D eigenvalue weighted by molar-refractivity contribution is 0.232. The molecule has 2 heteroatoms. The molecule has 0 atom stereocenters. The van der Waals surface area contributed by atoms with E-state index in [1.807, 2.05) is 0 Å². The van der Waals surface area contributed by atoms with Crippen LogP contribution in [0.3, 0.4) is 0 Å². The molecule has 2 rings (SSSR count). The maximum Gasteiger partial charge on any atom is 0.0240 e. The van der Waals surface area contributed by atoms with Gasteiger partial charge in [0.2, 0.25) is 0 Å². The fourth-order valence-electron chi connectivity index (χ4n) is 2.19. The molecule has 0 amide bonds. The topological polar surface area (TPSA) is 15.3 Å². The van der Waals surface area contributed by atoms with Crippen molar-refractivity contribution in [3.05, 3.63) is 34.9 Å². The zero-order valence-corrected chi connectivity index (χ0v) is 9.71. The molecule has 0 aliphatic carbocycles. The predicted octanol–water partition coefficient (Wildman–Crippen LogP) is 1.71. The normalized spacial score (nSPS) is 18.0. The number of aryl methyl sites for hydroxylation is 2. The number of piperazine rings is 1. The second kappa shape index (κ2) is 4.77. The highest BCUT2D eigenvalue weighted by molar-refractivity contribution is 5.33. The van der Waals surface area contributed by atoms with Gasteiger partial charge in [0.25, 0.3) is 0 Å². The Labute approximate surface area is 92.3 Å². The number of rotatable bonds is 2. The number of benzene rings is 1. The van der Waals surface area contributed by atoms with E-state index in [2.05, 4.69) is 42.3 Å². The summed E-state index contributed by atoms with van der Waals surface area (Å²) in [5.74, 6) is 0. The number of nitrogens with one attached hydrogen (secondary N) is 1. The molecule has 1 heterocycles. The first-order chi connectivity index (χ1) is 7.27. The molecule has 1 aliphatic rings. The smallest absolute Gasteiger partial charge is 0.0240 e. The minimum absolute atomic E-state index is 1.11. The number of hydrogen-bond acceptors (Lipinski definition) is 2. The lowest BCUT2D eigenvalue weighted by Gasteiger charge is -2.28. The molecule has 1 fully saturated rings. The second-order valence-electron chi connectivity index (χ2n) is 4.40. The molecule has 1 aromatic rings. The zero-order chi connectivity index (χ0) is 10.7. The summed E-state index contributed by atoms with van der Waals surface area (Å²) in [7, 11) is 0. The van der Waals surface area contributed by atoms with E-state index in [-0.39, 0.29) is 0 Å². The van der Waals surface area contributed by atoms with Gasteiger partial charge in [0.05, 0.1) is 0 Å². The van der Waals surface area contributed by atoms with Crippen LogP contribution in [-0.4, -0.2) is 31.1 Å². The SMILES string of the molecule is Cc1cccc(C)c1CN1CCNCC1. The van der Waals surface area contributed by atoms with Crippen molar-refractivity contribution in [2.75, 3.05) is 26.2 Å². The zero-order valence-electron chi connectivity index (χ0n) is 9.71. The predicted molar refractivity (Wildman–Crippen MR) is 64.1 cm³/mol. The molecule has 1 aliphatic heterocycles. The molecule has 0 spiro atoms. The molecule has 0 bridgehead atoms. The summed E-state index contributed by atoms with van der Waals surface area (Å²) >= 11 is 0. The van der Waals surface area contributed by atoms with Crippen LogP contribution < -0.4 is 5.32 Å². The molecule has 15 heavy (non-hydrogen) atoms. The molecule has 0 radical (unpaired) electrons. The van der Waals surface area contributed by atoms with Gasteiger partial charge in [-0.05, 0) is 30.5 Å². The summed E-state index contributed by atoms with van der Waals surface area (Å²) in [6.07, 6.45) is 0. The van der Waals surface area contributed by atoms with Gasteiger partial charge in [0.15, 0.2) is 0 Å². The molecule has 1 N–H and O–H groups in total. The minimum atomic E-state index is 1.11. The Balaban J connectivity index is 2.09. The summed E-state index contributed by atoms with van der Waals surface area (Å²) in [5.41, 5.74) is 4.36. The Morgan fingerprint density at radius 2 is 1.73 bits per heavy atom. The third-order valence-electron chi connectivity index (χ3n) is 3.24. The highest BCUT2D eigenvalue weighted by atomic mass is 15.2. The van der Waals surface area contributed by atoms with E-state index in [0.717, 1.165) is 19.6 Å². The molecule has 0 aromatic heterocycles. The molecule has 1 aromatic carbocycles. The van der Waals surface area contributed by atoms with Crippen molar-refractivity contribution >= 4 is 0 Å². The van der Waals surface area contributed by atoms with Gasteiger partial charge < -0.3 is 5.32 Å². The Bertz CT molecular complexity index is 307. The van der Waals surface area contributed by atoms with E-state index in [1.54, 1.807) is 0 Å². The van der Waals surface area contributed by atoms with Crippen molar-refractivity contribution in [1.29, 1.82) is 0 Å². The maximum absolute atomic E-state index is 3.39. The fraction of sp³-hybridized carbons (Fsp3) is 0.538. The highest BCUT2D eigenvalue weighted by Crippen LogP contribution is 2.15. The monoisotopic (exact) mass is 204 g/mol. The van der Waals surface area contributed by atoms with Gasteiger partial charge in [-0.3, -0.25) is 4.90 Å². The van der Waals surface area contributed by atoms with Gasteiger partial charge in [0.1, 0.15) is 0 Å². The third kappa shape index (κ3) is 2.58. The average molecular weight is 204 g/mol. The first-order valence-electron chi connectivity index (χ1n) is 5.75. The lowest BCUT2D eigenvalue weighted by Crippen LogP contribution is -2.43. The largest absolute Gasteiger partial charge is 0.314 e. The maximum atomic E-state index is 3.39. The Morgan fingerprint density at radius 1 is 1.13 bits per heavy atom. The summed E-state index contributed by atoms with van der Waals surface area (Å²) in [4.78, 5) is 2.53. The molecular weight excluding hydrogens is 184 g/mol. The molecule has 0 unspecified atom stereocenters. The van der Waals surface area contributed by atoms with E-state index in [0.29, 0.717) is 0 Å². The van der Waals surface area contributed by atoms with Crippen LogP contribution in [0, 0.1) is 13.8 Å². The van der Waals surface area contributed by atoms with E-state index < -0.39 is 0 Å². The first-order valence-corrected chi connectivity index (χ1v) is 5.75. The van der Waals surface area contributed by atoms with Gasteiger partial charge in [-0.2, -0.15) is 0 Å². The van der Waals surface area contributed by atoms with Gasteiger partial charge >= 0.3 is 0 Å². The van der Waals surface area contributed by atoms with Crippen molar-refractivity contribution in [3.8, 4) is 0 Å². The van der Waals surface area contributed by atoms with Gasteiger partial charge in [0, 0.05) is 32.7 Å². The van der Waals surface area contributed by atoms with E-state index in [4.69, 9.17) is 0 Å². The molecule has 0 saturated carbocycles. The van der Waals surface area contributed by atoms with Crippen LogP contribution in [0.25, 0.3) is 0 Å². The standard InChI is InChI=1S/C13H20N2/c1-11-4-3-5-12(2)13(11)10-15-8-6-14-7-9-15/h3-5,14H,6-10H2,1-2H3. The van der Waals surface area contributed by atoms with Crippen LogP contribution >= 0.6 is 0 Å². The molecule has 2 nitrogen and oxygen atoms in total. The molecule has 82 valence electrons. The van der Waals surface area contributed by atoms with Gasteiger partial charge in [-0.1, -0.05) is 18.2 Å². The fourth-order valence-corrected chi connectivity index (χ4v) is 2.19. The van der Waals surface area contributed by atoms with Crippen molar-refractivity contribution in [3.63, 3.8) is 0 Å². The lowest BCUT2D eigenvalue weighted by atomic mass is 10.0. The van der Waals surface area contributed by atoms with Crippen LogP contribution in [0.1, 0.15) is 16.7 Å². The second-order valence-corrected chi connectivity index (χ2v) is 4.40. The Morgan fingerprint density at radius 3 is 2.33 bits per heavy atom. The van der Waals surface area contributed by atoms with Gasteiger partial charge in [-0.25, -0.2) is 0 Å². The summed E-state index contributed by atoms with van der Waals surface area (Å²) in [6.45, 7) is 10.1. The third-order valence-corrected chi connectivity index (χ3v) is 3.24. The summed E-state index contributed by atoms with van der Waals surface area (Å²) in [6, 6.07) is 6.57. The van der Waals surface area contributed by atoms with E-state index in [9.17, 15) is 0 Å². The van der Waals surface area contributed by atoms with Crippen molar-refractivity contribution in [2.24, 2.45) is 0 Å².